The molecule has 2 N–H and O–H groups in total. The molecule has 0 fully saturated rings. The number of aromatic amines is 1. The molecule has 1 atom stereocenters. The van der Waals surface area contributed by atoms with Crippen molar-refractivity contribution in [2.24, 2.45) is 4.99 Å². The van der Waals surface area contributed by atoms with Crippen LogP contribution in [0, 0.1) is 0 Å². The summed E-state index contributed by atoms with van der Waals surface area (Å²) in [6, 6.07) is 7.03. The SMILES string of the molecule is COCC1(C)Nc2c(cnc3[nH]cc(C(=O)c4ccccc4Cl)c23)N=C1SC. The molecule has 0 saturated heterocycles. The van der Waals surface area contributed by atoms with Gasteiger partial charge in [-0.25, -0.2) is 9.98 Å². The van der Waals surface area contributed by atoms with Crippen molar-refractivity contribution in [3.63, 3.8) is 0 Å². The van der Waals surface area contributed by atoms with Crippen LogP contribution in [-0.4, -0.2) is 46.3 Å². The van der Waals surface area contributed by atoms with Gasteiger partial charge < -0.3 is 15.0 Å². The van der Waals surface area contributed by atoms with Crippen LogP contribution < -0.4 is 5.32 Å². The second kappa shape index (κ2) is 7.24. The first-order chi connectivity index (χ1) is 13.5. The maximum Gasteiger partial charge on any atom is 0.196 e. The number of halogens is 1. The van der Waals surface area contributed by atoms with Crippen molar-refractivity contribution in [3.8, 4) is 0 Å². The maximum atomic E-state index is 13.2. The van der Waals surface area contributed by atoms with Crippen LogP contribution in [0.4, 0.5) is 11.4 Å². The number of H-pyrrole nitrogens is 1. The summed E-state index contributed by atoms with van der Waals surface area (Å²) in [5.74, 6) is -0.165. The molecule has 0 radical (unpaired) electrons. The summed E-state index contributed by atoms with van der Waals surface area (Å²) >= 11 is 7.81. The number of hydrogen-bond acceptors (Lipinski definition) is 6. The molecule has 3 heterocycles. The predicted octanol–water partition coefficient (Wildman–Crippen LogP) is 4.67. The number of rotatable bonds is 4. The molecule has 8 heteroatoms. The number of carbonyl (C=O) groups excluding carboxylic acids is 1. The Morgan fingerprint density at radius 1 is 1.32 bits per heavy atom. The molecule has 1 aliphatic rings. The van der Waals surface area contributed by atoms with E-state index in [0.29, 0.717) is 39.5 Å². The molecule has 28 heavy (non-hydrogen) atoms. The van der Waals surface area contributed by atoms with Crippen LogP contribution >= 0.6 is 23.4 Å². The Labute approximate surface area is 171 Å². The molecule has 0 amide bonds. The van der Waals surface area contributed by atoms with Gasteiger partial charge in [0.25, 0.3) is 0 Å². The first-order valence-corrected chi connectivity index (χ1v) is 10.3. The fraction of sp³-hybridized carbons (Fsp3) is 0.250. The Balaban J connectivity index is 1.91. The summed E-state index contributed by atoms with van der Waals surface area (Å²) in [7, 11) is 1.66. The highest BCUT2D eigenvalue weighted by Gasteiger charge is 2.36. The number of anilines is 1. The summed E-state index contributed by atoms with van der Waals surface area (Å²) in [4.78, 5) is 25.5. The van der Waals surface area contributed by atoms with Crippen LogP contribution in [0.3, 0.4) is 0 Å². The van der Waals surface area contributed by atoms with E-state index in [1.54, 1.807) is 55.5 Å². The van der Waals surface area contributed by atoms with Gasteiger partial charge in [-0.15, -0.1) is 11.8 Å². The van der Waals surface area contributed by atoms with Gasteiger partial charge in [0, 0.05) is 18.9 Å². The van der Waals surface area contributed by atoms with Crippen LogP contribution in [0.25, 0.3) is 11.0 Å². The highest BCUT2D eigenvalue weighted by Crippen LogP contribution is 2.42. The van der Waals surface area contributed by atoms with Gasteiger partial charge in [-0.2, -0.15) is 0 Å². The smallest absolute Gasteiger partial charge is 0.196 e. The fourth-order valence-corrected chi connectivity index (χ4v) is 4.46. The second-order valence-corrected chi connectivity index (χ2v) is 7.97. The molecule has 1 aromatic carbocycles. The van der Waals surface area contributed by atoms with Crippen molar-refractivity contribution in [1.29, 1.82) is 0 Å². The summed E-state index contributed by atoms with van der Waals surface area (Å²) in [5.41, 5.74) is 2.52. The summed E-state index contributed by atoms with van der Waals surface area (Å²) in [6.07, 6.45) is 5.36. The first kappa shape index (κ1) is 19.0. The number of methoxy groups -OCH3 is 1. The van der Waals surface area contributed by atoms with Crippen molar-refractivity contribution in [3.05, 3.63) is 52.8 Å². The van der Waals surface area contributed by atoms with Crippen molar-refractivity contribution in [2.75, 3.05) is 25.3 Å². The highest BCUT2D eigenvalue weighted by molar-refractivity contribution is 8.13. The molecule has 4 rings (SSSR count). The fourth-order valence-electron chi connectivity index (χ4n) is 3.49. The van der Waals surface area contributed by atoms with E-state index in [1.807, 2.05) is 13.2 Å². The molecule has 3 aromatic rings. The minimum Gasteiger partial charge on any atom is -0.382 e. The molecule has 1 unspecified atom stereocenters. The van der Waals surface area contributed by atoms with Crippen molar-refractivity contribution in [2.45, 2.75) is 12.5 Å². The summed E-state index contributed by atoms with van der Waals surface area (Å²) in [6.45, 7) is 2.47. The van der Waals surface area contributed by atoms with E-state index in [1.165, 1.54) is 0 Å². The predicted molar refractivity (Wildman–Crippen MR) is 115 cm³/mol. The molecule has 0 saturated carbocycles. The van der Waals surface area contributed by atoms with E-state index < -0.39 is 5.54 Å². The number of nitrogens with zero attached hydrogens (tertiary/aromatic N) is 2. The summed E-state index contributed by atoms with van der Waals surface area (Å²) < 4.78 is 5.42. The lowest BCUT2D eigenvalue weighted by atomic mass is 9.98. The van der Waals surface area contributed by atoms with Gasteiger partial charge in [0.05, 0.1) is 34.5 Å². The topological polar surface area (TPSA) is 79.4 Å². The molecular formula is C20H19ClN4O2S. The zero-order chi connectivity index (χ0) is 19.9. The lowest BCUT2D eigenvalue weighted by Gasteiger charge is -2.35. The van der Waals surface area contributed by atoms with E-state index >= 15 is 0 Å². The maximum absolute atomic E-state index is 13.2. The van der Waals surface area contributed by atoms with Crippen molar-refractivity contribution in [1.82, 2.24) is 9.97 Å². The standard InChI is InChI=1S/C20H19ClN4O2S/c1-20(10-27-2)19(28-3)24-14-9-23-18-15(16(14)25-20)12(8-22-18)17(26)11-6-4-5-7-13(11)21/h4-9,25H,10H2,1-3H3,(H,22,23). The van der Waals surface area contributed by atoms with Gasteiger partial charge >= 0.3 is 0 Å². The largest absolute Gasteiger partial charge is 0.382 e. The normalized spacial score (nSPS) is 18.5. The number of nitrogens with one attached hydrogen (secondary N) is 2. The van der Waals surface area contributed by atoms with Gasteiger partial charge in [-0.3, -0.25) is 4.79 Å². The van der Waals surface area contributed by atoms with E-state index in [0.717, 1.165) is 10.7 Å². The zero-order valence-electron chi connectivity index (χ0n) is 15.7. The Kier molecular flexibility index (Phi) is 4.91. The zero-order valence-corrected chi connectivity index (χ0v) is 17.2. The Hall–Kier alpha value is -2.35. The van der Waals surface area contributed by atoms with Gasteiger partial charge in [0.2, 0.25) is 0 Å². The number of hydrogen-bond donors (Lipinski definition) is 2. The van der Waals surface area contributed by atoms with Crippen molar-refractivity contribution >= 4 is 56.6 Å². The molecule has 1 aliphatic heterocycles. The Morgan fingerprint density at radius 3 is 2.82 bits per heavy atom. The van der Waals surface area contributed by atoms with Crippen molar-refractivity contribution < 1.29 is 9.53 Å². The van der Waals surface area contributed by atoms with Crippen LogP contribution in [0.5, 0.6) is 0 Å². The van der Waals surface area contributed by atoms with Crippen LogP contribution in [0.15, 0.2) is 41.7 Å². The molecule has 2 aromatic heterocycles. The average Bonchev–Trinajstić information content (AvgIpc) is 3.12. The number of thioether (sulfide) groups is 1. The van der Waals surface area contributed by atoms with Crippen LogP contribution in [0.2, 0.25) is 5.02 Å². The second-order valence-electron chi connectivity index (χ2n) is 6.76. The minimum atomic E-state index is -0.503. The molecule has 144 valence electrons. The minimum absolute atomic E-state index is 0.165. The number of benzene rings is 1. The number of carbonyl (C=O) groups is 1. The number of aromatic nitrogens is 2. The Bertz CT molecular complexity index is 1110. The molecule has 0 bridgehead atoms. The van der Waals surface area contributed by atoms with Gasteiger partial charge in [-0.05, 0) is 25.3 Å². The van der Waals surface area contributed by atoms with E-state index in [2.05, 4.69) is 15.3 Å². The lowest BCUT2D eigenvalue weighted by Crippen LogP contribution is -2.47. The number of ether oxygens (including phenoxy) is 1. The lowest BCUT2D eigenvalue weighted by molar-refractivity contribution is 0.104. The van der Waals surface area contributed by atoms with Crippen LogP contribution in [0.1, 0.15) is 22.8 Å². The third kappa shape index (κ3) is 2.99. The number of aliphatic imine (C=N–C) groups is 1. The van der Waals surface area contributed by atoms with Gasteiger partial charge in [0.15, 0.2) is 5.78 Å². The van der Waals surface area contributed by atoms with E-state index in [4.69, 9.17) is 21.3 Å². The first-order valence-electron chi connectivity index (χ1n) is 8.68. The quantitative estimate of drug-likeness (QED) is 0.606. The van der Waals surface area contributed by atoms with Gasteiger partial charge in [-0.1, -0.05) is 23.7 Å². The Morgan fingerprint density at radius 2 is 2.11 bits per heavy atom. The van der Waals surface area contributed by atoms with Gasteiger partial charge in [0.1, 0.15) is 21.9 Å². The monoisotopic (exact) mass is 414 g/mol. The molecule has 0 spiro atoms. The highest BCUT2D eigenvalue weighted by atomic mass is 35.5. The molecule has 6 nitrogen and oxygen atoms in total. The molecular weight excluding hydrogens is 396 g/mol. The third-order valence-corrected chi connectivity index (χ3v) is 6.02. The number of fused-ring (bicyclic) bond motifs is 3. The summed E-state index contributed by atoms with van der Waals surface area (Å²) in [5, 5.41) is 5.56. The molecule has 0 aliphatic carbocycles. The number of ketones is 1. The number of pyridine rings is 1. The average molecular weight is 415 g/mol. The van der Waals surface area contributed by atoms with Crippen LogP contribution in [-0.2, 0) is 4.74 Å². The van der Waals surface area contributed by atoms with E-state index in [-0.39, 0.29) is 5.78 Å². The van der Waals surface area contributed by atoms with E-state index in [9.17, 15) is 4.79 Å². The third-order valence-electron chi connectivity index (χ3n) is 4.77.